The molecule has 0 radical (unpaired) electrons. The van der Waals surface area contributed by atoms with Crippen molar-refractivity contribution >= 4 is 39.2 Å². The van der Waals surface area contributed by atoms with Gasteiger partial charge in [0, 0.05) is 37.2 Å². The third-order valence-corrected chi connectivity index (χ3v) is 6.50. The van der Waals surface area contributed by atoms with Crippen LogP contribution in [0.1, 0.15) is 29.8 Å². The summed E-state index contributed by atoms with van der Waals surface area (Å²) in [6.45, 7) is 1.25. The van der Waals surface area contributed by atoms with E-state index in [1.54, 1.807) is 16.0 Å². The lowest BCUT2D eigenvalue weighted by Crippen LogP contribution is -1.97. The fraction of sp³-hybridized carbons (Fsp3) is 0.240. The van der Waals surface area contributed by atoms with E-state index in [1.807, 2.05) is 61.8 Å². The fourth-order valence-corrected chi connectivity index (χ4v) is 4.84. The van der Waals surface area contributed by atoms with Gasteiger partial charge in [-0.05, 0) is 48.4 Å². The molecule has 0 amide bonds. The third kappa shape index (κ3) is 4.61. The number of benzene rings is 2. The van der Waals surface area contributed by atoms with Crippen molar-refractivity contribution in [1.29, 1.82) is 0 Å². The molecule has 3 heterocycles. The minimum Gasteiger partial charge on any atom is -0.490 e. The highest BCUT2D eigenvalue weighted by molar-refractivity contribution is 7.19. The molecular weight excluding hydrogens is 438 g/mol. The van der Waals surface area contributed by atoms with Crippen molar-refractivity contribution in [3.63, 3.8) is 0 Å². The highest BCUT2D eigenvalue weighted by Crippen LogP contribution is 2.37. The number of thiazole rings is 1. The van der Waals surface area contributed by atoms with E-state index in [-0.39, 0.29) is 6.42 Å². The number of aromatic nitrogens is 3. The first-order valence-corrected chi connectivity index (χ1v) is 11.6. The molecule has 0 atom stereocenters. The lowest BCUT2D eigenvalue weighted by molar-refractivity contribution is -0.136. The van der Waals surface area contributed by atoms with Crippen LogP contribution in [-0.2, 0) is 11.8 Å². The minimum absolute atomic E-state index is 0.0291. The first-order chi connectivity index (χ1) is 16.1. The largest absolute Gasteiger partial charge is 0.490 e. The number of aliphatic carboxylic acids is 1. The molecule has 0 fully saturated rings. The number of aryl methyl sites for hydroxylation is 1. The normalized spacial score (nSPS) is 13.8. The number of carbonyl (C=O) groups is 1. The van der Waals surface area contributed by atoms with Crippen molar-refractivity contribution in [3.8, 4) is 22.8 Å². The van der Waals surface area contributed by atoms with E-state index < -0.39 is 5.97 Å². The smallest absolute Gasteiger partial charge is 0.303 e. The Morgan fingerprint density at radius 3 is 2.79 bits per heavy atom. The molecule has 168 valence electrons. The molecule has 0 bridgehead atoms. The van der Waals surface area contributed by atoms with Gasteiger partial charge in [0.1, 0.15) is 5.01 Å². The number of hydrogen-bond acceptors (Lipinski definition) is 6. The molecule has 0 saturated carbocycles. The Labute approximate surface area is 194 Å². The van der Waals surface area contributed by atoms with Crippen LogP contribution in [0.4, 0.5) is 0 Å². The van der Waals surface area contributed by atoms with Crippen molar-refractivity contribution in [2.45, 2.75) is 19.3 Å². The first kappa shape index (κ1) is 21.2. The molecule has 0 aliphatic carbocycles. The maximum Gasteiger partial charge on any atom is 0.303 e. The van der Waals surface area contributed by atoms with E-state index in [9.17, 15) is 9.90 Å². The Kier molecular flexibility index (Phi) is 5.83. The number of ether oxygens (including phenoxy) is 2. The Bertz CT molecular complexity index is 1320. The summed E-state index contributed by atoms with van der Waals surface area (Å²) in [5, 5.41) is 14.8. The van der Waals surface area contributed by atoms with E-state index in [1.165, 1.54) is 0 Å². The van der Waals surface area contributed by atoms with Gasteiger partial charge in [-0.25, -0.2) is 4.98 Å². The predicted molar refractivity (Wildman–Crippen MR) is 129 cm³/mol. The maximum atomic E-state index is 11.3. The van der Waals surface area contributed by atoms with Crippen LogP contribution >= 0.6 is 11.3 Å². The van der Waals surface area contributed by atoms with E-state index in [0.29, 0.717) is 25.4 Å². The second-order valence-corrected chi connectivity index (χ2v) is 8.90. The number of hydrogen-bond donors (Lipinski definition) is 1. The molecule has 1 aliphatic heterocycles. The molecular formula is C25H23N3O4S. The van der Waals surface area contributed by atoms with Gasteiger partial charge >= 0.3 is 5.97 Å². The SMILES string of the molecule is Cn1cc(/C=C(/CCC(=O)O)c2nc3ccccc3s2)c(-c2ccc3c(c2)OCCCO3)n1. The quantitative estimate of drug-likeness (QED) is 0.421. The summed E-state index contributed by atoms with van der Waals surface area (Å²) < 4.78 is 14.4. The second kappa shape index (κ2) is 9.07. The molecule has 8 heteroatoms. The third-order valence-electron chi connectivity index (χ3n) is 5.38. The van der Waals surface area contributed by atoms with Crippen LogP contribution in [0.15, 0.2) is 48.7 Å². The summed E-state index contributed by atoms with van der Waals surface area (Å²) in [6.07, 6.45) is 5.20. The van der Waals surface area contributed by atoms with Crippen LogP contribution in [-0.4, -0.2) is 39.1 Å². The average Bonchev–Trinajstić information content (AvgIpc) is 3.31. The summed E-state index contributed by atoms with van der Waals surface area (Å²) in [4.78, 5) is 16.1. The van der Waals surface area contributed by atoms with Crippen molar-refractivity contribution in [2.75, 3.05) is 13.2 Å². The molecule has 0 saturated heterocycles. The molecule has 5 rings (SSSR count). The van der Waals surface area contributed by atoms with Crippen LogP contribution in [0, 0.1) is 0 Å². The van der Waals surface area contributed by atoms with Gasteiger partial charge in [0.05, 0.1) is 29.1 Å². The van der Waals surface area contributed by atoms with Gasteiger partial charge in [-0.1, -0.05) is 12.1 Å². The van der Waals surface area contributed by atoms with Gasteiger partial charge in [0.15, 0.2) is 11.5 Å². The monoisotopic (exact) mass is 461 g/mol. The van der Waals surface area contributed by atoms with E-state index in [4.69, 9.17) is 14.5 Å². The molecule has 1 aliphatic rings. The molecule has 33 heavy (non-hydrogen) atoms. The standard InChI is InChI=1S/C25H23N3O4S/c1-28-15-18(24(27-28)16-7-9-20-21(14-16)32-12-4-11-31-20)13-17(8-10-23(29)30)25-26-19-5-2-3-6-22(19)33-25/h2-3,5-7,9,13-15H,4,8,10-12H2,1H3,(H,29,30)/b17-13-. The van der Waals surface area contributed by atoms with Gasteiger partial charge in [-0.3, -0.25) is 9.48 Å². The zero-order valence-corrected chi connectivity index (χ0v) is 19.0. The van der Waals surface area contributed by atoms with Crippen molar-refractivity contribution in [1.82, 2.24) is 14.8 Å². The van der Waals surface area contributed by atoms with Gasteiger partial charge in [-0.2, -0.15) is 5.10 Å². The molecule has 1 N–H and O–H groups in total. The number of nitrogens with zero attached hydrogens (tertiary/aromatic N) is 3. The lowest BCUT2D eigenvalue weighted by atomic mass is 10.0. The number of allylic oxidation sites excluding steroid dienone is 1. The van der Waals surface area contributed by atoms with Crippen LogP contribution in [0.2, 0.25) is 0 Å². The Morgan fingerprint density at radius 1 is 1.15 bits per heavy atom. The molecule has 0 unspecified atom stereocenters. The zero-order valence-electron chi connectivity index (χ0n) is 18.2. The van der Waals surface area contributed by atoms with Gasteiger partial charge in [0.2, 0.25) is 0 Å². The molecule has 7 nitrogen and oxygen atoms in total. The molecule has 0 spiro atoms. The summed E-state index contributed by atoms with van der Waals surface area (Å²) in [6, 6.07) is 13.8. The van der Waals surface area contributed by atoms with Crippen LogP contribution in [0.3, 0.4) is 0 Å². The first-order valence-electron chi connectivity index (χ1n) is 10.8. The number of para-hydroxylation sites is 1. The number of carboxylic acid groups (broad SMARTS) is 1. The van der Waals surface area contributed by atoms with Gasteiger partial charge in [-0.15, -0.1) is 11.3 Å². The van der Waals surface area contributed by atoms with Crippen LogP contribution < -0.4 is 9.47 Å². The highest BCUT2D eigenvalue weighted by atomic mass is 32.1. The minimum atomic E-state index is -0.837. The van der Waals surface area contributed by atoms with E-state index >= 15 is 0 Å². The Morgan fingerprint density at radius 2 is 1.97 bits per heavy atom. The lowest BCUT2D eigenvalue weighted by Gasteiger charge is -2.09. The van der Waals surface area contributed by atoms with E-state index in [2.05, 4.69) is 5.10 Å². The van der Waals surface area contributed by atoms with Crippen LogP contribution in [0.25, 0.3) is 33.1 Å². The summed E-state index contributed by atoms with van der Waals surface area (Å²) in [5.41, 5.74) is 4.39. The second-order valence-electron chi connectivity index (χ2n) is 7.87. The van der Waals surface area contributed by atoms with Crippen molar-refractivity contribution in [3.05, 3.63) is 59.2 Å². The average molecular weight is 462 g/mol. The summed E-state index contributed by atoms with van der Waals surface area (Å²) in [5.74, 6) is 0.611. The summed E-state index contributed by atoms with van der Waals surface area (Å²) >= 11 is 1.57. The fourth-order valence-electron chi connectivity index (χ4n) is 3.83. The summed E-state index contributed by atoms with van der Waals surface area (Å²) in [7, 11) is 1.87. The van der Waals surface area contributed by atoms with Gasteiger partial charge < -0.3 is 14.6 Å². The maximum absolute atomic E-state index is 11.3. The highest BCUT2D eigenvalue weighted by Gasteiger charge is 2.17. The van der Waals surface area contributed by atoms with Gasteiger partial charge in [0.25, 0.3) is 0 Å². The molecule has 2 aromatic heterocycles. The molecule has 4 aromatic rings. The topological polar surface area (TPSA) is 86.5 Å². The van der Waals surface area contributed by atoms with Crippen molar-refractivity contribution < 1.29 is 19.4 Å². The Balaban J connectivity index is 1.57. The van der Waals surface area contributed by atoms with Crippen LogP contribution in [0.5, 0.6) is 11.5 Å². The predicted octanol–water partition coefficient (Wildman–Crippen LogP) is 5.26. The number of fused-ring (bicyclic) bond motifs is 2. The zero-order chi connectivity index (χ0) is 22.8. The Hall–Kier alpha value is -3.65. The van der Waals surface area contributed by atoms with E-state index in [0.717, 1.165) is 49.8 Å². The van der Waals surface area contributed by atoms with Crippen molar-refractivity contribution in [2.24, 2.45) is 7.05 Å². The number of rotatable bonds is 6. The number of carboxylic acids is 1. The molecule has 2 aromatic carbocycles.